The van der Waals surface area contributed by atoms with Gasteiger partial charge in [0.05, 0.1) is 11.4 Å². The average molecular weight is 453 g/mol. The quantitative estimate of drug-likeness (QED) is 0.403. The van der Waals surface area contributed by atoms with Gasteiger partial charge < -0.3 is 15.8 Å². The second kappa shape index (κ2) is 8.74. The third kappa shape index (κ3) is 3.86. The van der Waals surface area contributed by atoms with Crippen molar-refractivity contribution < 1.29 is 4.74 Å². The lowest BCUT2D eigenvalue weighted by Gasteiger charge is -2.09. The molecule has 0 aliphatic rings. The van der Waals surface area contributed by atoms with Crippen LogP contribution in [0.5, 0.6) is 5.75 Å². The van der Waals surface area contributed by atoms with Crippen molar-refractivity contribution in [3.63, 3.8) is 0 Å². The fourth-order valence-corrected chi connectivity index (χ4v) is 3.98. The highest BCUT2D eigenvalue weighted by Crippen LogP contribution is 2.25. The minimum atomic E-state index is -0.288. The van der Waals surface area contributed by atoms with Gasteiger partial charge in [-0.1, -0.05) is 35.9 Å². The maximum atomic E-state index is 13.6. The first-order valence-corrected chi connectivity index (χ1v) is 10.9. The first-order chi connectivity index (χ1) is 16.5. The molecular formula is C26H24N6O2. The largest absolute Gasteiger partial charge is 0.489 e. The van der Waals surface area contributed by atoms with Crippen molar-refractivity contribution in [3.05, 3.63) is 101 Å². The Morgan fingerprint density at radius 3 is 2.50 bits per heavy atom. The predicted octanol–water partition coefficient (Wildman–Crippen LogP) is 4.08. The highest BCUT2D eigenvalue weighted by atomic mass is 16.5. The van der Waals surface area contributed by atoms with Crippen LogP contribution in [0.2, 0.25) is 0 Å². The molecule has 0 fully saturated rings. The number of anilines is 2. The summed E-state index contributed by atoms with van der Waals surface area (Å²) in [6, 6.07) is 23.0. The molecule has 3 aromatic carbocycles. The van der Waals surface area contributed by atoms with Crippen molar-refractivity contribution in [2.75, 3.05) is 18.1 Å². The Morgan fingerprint density at radius 2 is 1.74 bits per heavy atom. The van der Waals surface area contributed by atoms with Crippen LogP contribution >= 0.6 is 0 Å². The molecule has 0 saturated carbocycles. The van der Waals surface area contributed by atoms with Gasteiger partial charge in [0, 0.05) is 12.7 Å². The number of aromatic nitrogens is 4. The van der Waals surface area contributed by atoms with Crippen LogP contribution in [0.1, 0.15) is 11.1 Å². The molecule has 0 aliphatic carbocycles. The van der Waals surface area contributed by atoms with Crippen LogP contribution in [0, 0.1) is 6.92 Å². The van der Waals surface area contributed by atoms with Gasteiger partial charge in [0.25, 0.3) is 0 Å². The highest BCUT2D eigenvalue weighted by Gasteiger charge is 2.20. The number of nitrogens with zero attached hydrogens (tertiary/aromatic N) is 4. The van der Waals surface area contributed by atoms with Crippen LogP contribution in [0.3, 0.4) is 0 Å². The van der Waals surface area contributed by atoms with Crippen molar-refractivity contribution >= 4 is 22.7 Å². The Bertz CT molecular complexity index is 1540. The van der Waals surface area contributed by atoms with Crippen molar-refractivity contribution in [2.24, 2.45) is 0 Å². The number of fused-ring (bicyclic) bond motifs is 1. The van der Waals surface area contributed by atoms with E-state index in [1.54, 1.807) is 0 Å². The fraction of sp³-hybridized carbons (Fsp3) is 0.115. The molecule has 5 rings (SSSR count). The molecular weight excluding hydrogens is 428 g/mol. The van der Waals surface area contributed by atoms with Crippen molar-refractivity contribution in [1.29, 1.82) is 0 Å². The second-order valence-corrected chi connectivity index (χ2v) is 7.96. The number of imidazole rings is 1. The van der Waals surface area contributed by atoms with Gasteiger partial charge in [-0.3, -0.25) is 4.57 Å². The Hall–Kier alpha value is -4.59. The first kappa shape index (κ1) is 21.3. The van der Waals surface area contributed by atoms with Crippen LogP contribution in [0.25, 0.3) is 22.5 Å². The summed E-state index contributed by atoms with van der Waals surface area (Å²) in [5.74, 6) is 0.929. The van der Waals surface area contributed by atoms with Crippen LogP contribution in [-0.2, 0) is 6.61 Å². The standard InChI is InChI=1S/C26H24N6O2/c1-17-5-3-6-18(13-17)15-34-22-11-9-20(10-12-22)31-23-24(27)29-16-30-25(23)32(26(31)33)21-8-4-7-19(14-21)28-2/h3-14,16,28H,15H2,1-2H3,(H2,27,29,30). The number of ether oxygens (including phenoxy) is 1. The molecule has 0 radical (unpaired) electrons. The van der Waals surface area contributed by atoms with Gasteiger partial charge in [0.2, 0.25) is 0 Å². The first-order valence-electron chi connectivity index (χ1n) is 10.9. The average Bonchev–Trinajstić information content (AvgIpc) is 3.16. The second-order valence-electron chi connectivity index (χ2n) is 7.96. The van der Waals surface area contributed by atoms with Crippen molar-refractivity contribution in [3.8, 4) is 17.1 Å². The lowest BCUT2D eigenvalue weighted by Crippen LogP contribution is -2.22. The molecule has 0 spiro atoms. The lowest BCUT2D eigenvalue weighted by molar-refractivity contribution is 0.306. The predicted molar refractivity (Wildman–Crippen MR) is 134 cm³/mol. The van der Waals surface area contributed by atoms with Crippen LogP contribution in [0.4, 0.5) is 11.5 Å². The molecule has 34 heavy (non-hydrogen) atoms. The zero-order valence-electron chi connectivity index (χ0n) is 18.9. The topological polar surface area (TPSA) is 100.0 Å². The van der Waals surface area contributed by atoms with E-state index >= 15 is 0 Å². The molecule has 2 heterocycles. The van der Waals surface area contributed by atoms with E-state index in [2.05, 4.69) is 34.3 Å². The maximum Gasteiger partial charge on any atom is 0.339 e. The lowest BCUT2D eigenvalue weighted by atomic mass is 10.1. The SMILES string of the molecule is CNc1cccc(-n2c(=O)n(-c3ccc(OCc4cccc(C)c4)cc3)c3c(N)ncnc32)c1. The normalized spacial score (nSPS) is 11.0. The summed E-state index contributed by atoms with van der Waals surface area (Å²) < 4.78 is 9.00. The Labute approximate surface area is 196 Å². The number of nitrogens with one attached hydrogen (secondary N) is 1. The monoisotopic (exact) mass is 452 g/mol. The number of hydrogen-bond acceptors (Lipinski definition) is 6. The Balaban J connectivity index is 1.55. The summed E-state index contributed by atoms with van der Waals surface area (Å²) in [5.41, 5.74) is 11.3. The maximum absolute atomic E-state index is 13.6. The van der Waals surface area contributed by atoms with Gasteiger partial charge in [-0.05, 0) is 55.0 Å². The number of benzene rings is 3. The molecule has 0 aliphatic heterocycles. The molecule has 0 unspecified atom stereocenters. The van der Waals surface area contributed by atoms with Gasteiger partial charge >= 0.3 is 5.69 Å². The zero-order valence-corrected chi connectivity index (χ0v) is 18.9. The molecule has 0 amide bonds. The fourth-order valence-electron chi connectivity index (χ4n) is 3.98. The van der Waals surface area contributed by atoms with E-state index in [-0.39, 0.29) is 11.5 Å². The summed E-state index contributed by atoms with van der Waals surface area (Å²) in [4.78, 5) is 22.1. The zero-order chi connectivity index (χ0) is 23.7. The summed E-state index contributed by atoms with van der Waals surface area (Å²) in [6.07, 6.45) is 1.36. The minimum Gasteiger partial charge on any atom is -0.489 e. The van der Waals surface area contributed by atoms with Gasteiger partial charge in [0.1, 0.15) is 24.2 Å². The molecule has 0 saturated heterocycles. The number of hydrogen-bond donors (Lipinski definition) is 2. The van der Waals surface area contributed by atoms with E-state index < -0.39 is 0 Å². The van der Waals surface area contributed by atoms with Crippen LogP contribution in [-0.4, -0.2) is 26.1 Å². The number of nitrogen functional groups attached to an aromatic ring is 1. The molecule has 8 nitrogen and oxygen atoms in total. The summed E-state index contributed by atoms with van der Waals surface area (Å²) in [6.45, 7) is 2.51. The molecule has 0 bridgehead atoms. The van der Waals surface area contributed by atoms with Gasteiger partial charge in [-0.2, -0.15) is 0 Å². The highest BCUT2D eigenvalue weighted by molar-refractivity contribution is 5.85. The molecule has 3 N–H and O–H groups in total. The minimum absolute atomic E-state index is 0.227. The van der Waals surface area contributed by atoms with Crippen molar-refractivity contribution in [2.45, 2.75) is 13.5 Å². The Kier molecular flexibility index (Phi) is 5.47. The van der Waals surface area contributed by atoms with E-state index in [9.17, 15) is 4.79 Å². The number of nitrogens with two attached hydrogens (primary N) is 1. The van der Waals surface area contributed by atoms with E-state index in [1.807, 2.05) is 67.7 Å². The summed E-state index contributed by atoms with van der Waals surface area (Å²) in [5, 5.41) is 3.09. The molecule has 170 valence electrons. The molecule has 0 atom stereocenters. The van der Waals surface area contributed by atoms with Gasteiger partial charge in [0.15, 0.2) is 11.5 Å². The number of rotatable bonds is 6. The van der Waals surface area contributed by atoms with Crippen molar-refractivity contribution in [1.82, 2.24) is 19.1 Å². The van der Waals surface area contributed by atoms with E-state index in [0.29, 0.717) is 34.9 Å². The van der Waals surface area contributed by atoms with E-state index in [4.69, 9.17) is 10.5 Å². The van der Waals surface area contributed by atoms with Gasteiger partial charge in [-0.25, -0.2) is 19.3 Å². The third-order valence-electron chi connectivity index (χ3n) is 5.63. The summed E-state index contributed by atoms with van der Waals surface area (Å²) in [7, 11) is 1.83. The number of aryl methyl sites for hydroxylation is 1. The smallest absolute Gasteiger partial charge is 0.339 e. The van der Waals surface area contributed by atoms with Gasteiger partial charge in [-0.15, -0.1) is 0 Å². The van der Waals surface area contributed by atoms with E-state index in [0.717, 1.165) is 11.3 Å². The Morgan fingerprint density at radius 1 is 0.941 bits per heavy atom. The third-order valence-corrected chi connectivity index (χ3v) is 5.63. The molecule has 2 aromatic heterocycles. The summed E-state index contributed by atoms with van der Waals surface area (Å²) >= 11 is 0. The van der Waals surface area contributed by atoms with Crippen LogP contribution in [0.15, 0.2) is 83.9 Å². The molecule has 8 heteroatoms. The van der Waals surface area contributed by atoms with Crippen LogP contribution < -0.4 is 21.5 Å². The molecule has 5 aromatic rings. The van der Waals surface area contributed by atoms with E-state index in [1.165, 1.54) is 21.0 Å².